The van der Waals surface area contributed by atoms with E-state index in [1.807, 2.05) is 31.5 Å². The summed E-state index contributed by atoms with van der Waals surface area (Å²) in [6.07, 6.45) is 5.84. The number of phenolic OH excluding ortho intramolecular Hbond substituents is 1. The summed E-state index contributed by atoms with van der Waals surface area (Å²) in [5.74, 6) is 0.339. The number of aromatic nitrogens is 4. The van der Waals surface area contributed by atoms with Gasteiger partial charge in [0, 0.05) is 111 Å². The number of sulfone groups is 2. The van der Waals surface area contributed by atoms with Crippen LogP contribution in [0.1, 0.15) is 11.1 Å². The maximum absolute atomic E-state index is 14.5. The number of hydrogen-bond acceptors (Lipinski definition) is 21. The Balaban J connectivity index is 0.000000179. The number of aromatic hydroxyl groups is 1. The molecule has 12 rings (SSSR count). The van der Waals surface area contributed by atoms with Gasteiger partial charge < -0.3 is 54.3 Å². The largest absolute Gasteiger partial charge is 0.508 e. The molecule has 8 heterocycles. The van der Waals surface area contributed by atoms with Crippen LogP contribution in [0, 0.1) is 35.6 Å². The normalized spacial score (nSPS) is 16.0. The number of non-ortho nitro benzene ring substituents is 1. The Morgan fingerprint density at radius 1 is 0.535 bits per heavy atom. The third-order valence-electron chi connectivity index (χ3n) is 15.4. The van der Waals surface area contributed by atoms with Crippen molar-refractivity contribution in [2.75, 3.05) is 148 Å². The van der Waals surface area contributed by atoms with E-state index >= 15 is 0 Å². The second kappa shape index (κ2) is 24.9. The molecule has 4 fully saturated rings. The van der Waals surface area contributed by atoms with Crippen molar-refractivity contribution >= 4 is 92.9 Å². The zero-order chi connectivity index (χ0) is 60.4. The molecule has 0 aliphatic carbocycles. The highest BCUT2D eigenvalue weighted by Gasteiger charge is 2.28. The standard InChI is InChI=1S/C30H31FN6O6S.C30H32FN5O5S/c1-19-28(34-26-17-22(35-7-11-42-12-8-35)18-32-30(26)36-9-13-43-14-10-36)23-5-3-20(31)15-25(23)33-29(19)24-16-21(37(38)39)4-6-27(24)44(2,40)41;1-19-28(34-26-16-21(35-7-11-40-12-8-35)18-32-30(26)36-9-13-41-14-10-36)23-5-3-20(31)15-25(23)33-29(19)24-17-22(37)4-6-27(24)42(2,38)39/h3-6,15-18H,7-14H2,1-2H3,(H,33,34);3-6,15-18,37H,7-14H2,1-2H3,(H,33,34). The highest BCUT2D eigenvalue weighted by atomic mass is 32.2. The van der Waals surface area contributed by atoms with Crippen LogP contribution in [0.4, 0.5) is 60.2 Å². The number of halogens is 2. The molecule has 0 amide bonds. The van der Waals surface area contributed by atoms with Gasteiger partial charge in [-0.15, -0.1) is 0 Å². The second-order valence-electron chi connectivity index (χ2n) is 21.2. The lowest BCUT2D eigenvalue weighted by molar-refractivity contribution is -0.384. The molecule has 0 radical (unpaired) electrons. The molecular weight excluding hydrogens is 1150 g/mol. The van der Waals surface area contributed by atoms with Crippen LogP contribution in [0.5, 0.6) is 5.75 Å². The number of fused-ring (bicyclic) bond motifs is 2. The summed E-state index contributed by atoms with van der Waals surface area (Å²) in [6, 6.07) is 20.2. The van der Waals surface area contributed by atoms with Crippen molar-refractivity contribution in [3.05, 3.63) is 130 Å². The first-order valence-electron chi connectivity index (χ1n) is 27.9. The number of nitro groups is 1. The number of pyridine rings is 4. The van der Waals surface area contributed by atoms with E-state index in [1.54, 1.807) is 19.1 Å². The van der Waals surface area contributed by atoms with Crippen LogP contribution in [0.2, 0.25) is 0 Å². The Morgan fingerprint density at radius 2 is 0.919 bits per heavy atom. The van der Waals surface area contributed by atoms with Crippen LogP contribution in [-0.2, 0) is 38.6 Å². The zero-order valence-corrected chi connectivity index (χ0v) is 49.3. The first-order valence-corrected chi connectivity index (χ1v) is 31.6. The first kappa shape index (κ1) is 59.3. The molecule has 4 aliphatic rings. The number of benzene rings is 4. The molecule has 0 bridgehead atoms. The SMILES string of the molecule is Cc1c(-c2cc(O)ccc2S(C)(=O)=O)nc2cc(F)ccc2c1Nc1cc(N2CCOCC2)cnc1N1CCOCC1.Cc1c(-c2cc([N+](=O)[O-])ccc2S(C)(=O)=O)nc2cc(F)ccc2c1Nc1cc(N2CCOCC2)cnc1N1CCOCC1. The molecule has 3 N–H and O–H groups in total. The summed E-state index contributed by atoms with van der Waals surface area (Å²) >= 11 is 0. The van der Waals surface area contributed by atoms with Gasteiger partial charge in [0.2, 0.25) is 0 Å². The van der Waals surface area contributed by atoms with E-state index in [9.17, 15) is 40.8 Å². The number of ether oxygens (including phenoxy) is 4. The summed E-state index contributed by atoms with van der Waals surface area (Å²) in [6.45, 7) is 13.8. The van der Waals surface area contributed by atoms with E-state index in [0.29, 0.717) is 148 Å². The van der Waals surface area contributed by atoms with Gasteiger partial charge in [-0.25, -0.2) is 45.6 Å². The molecular formula is C60H63F2N11O11S2. The fraction of sp³-hybridized carbons (Fsp3) is 0.333. The Morgan fingerprint density at radius 3 is 1.31 bits per heavy atom. The van der Waals surface area contributed by atoms with Crippen molar-refractivity contribution in [3.8, 4) is 28.3 Å². The topological polar surface area (TPSA) is 257 Å². The zero-order valence-electron chi connectivity index (χ0n) is 47.7. The number of nitrogens with zero attached hydrogens (tertiary/aromatic N) is 9. The Hall–Kier alpha value is -8.40. The smallest absolute Gasteiger partial charge is 0.270 e. The number of phenols is 1. The van der Waals surface area contributed by atoms with E-state index < -0.39 is 36.2 Å². The monoisotopic (exact) mass is 1220 g/mol. The summed E-state index contributed by atoms with van der Waals surface area (Å²) < 4.78 is 102. The summed E-state index contributed by atoms with van der Waals surface area (Å²) in [5, 5.41) is 30.4. The number of nitrogens with one attached hydrogen (secondary N) is 2. The van der Waals surface area contributed by atoms with E-state index in [0.717, 1.165) is 54.5 Å². The minimum atomic E-state index is -3.81. The van der Waals surface area contributed by atoms with Gasteiger partial charge in [-0.1, -0.05) is 0 Å². The van der Waals surface area contributed by atoms with Gasteiger partial charge in [0.25, 0.3) is 5.69 Å². The molecule has 22 nitrogen and oxygen atoms in total. The summed E-state index contributed by atoms with van der Waals surface area (Å²) in [4.78, 5) is 38.8. The van der Waals surface area contributed by atoms with Crippen LogP contribution in [0.25, 0.3) is 44.3 Å². The van der Waals surface area contributed by atoms with Crippen molar-refractivity contribution in [3.63, 3.8) is 0 Å². The van der Waals surface area contributed by atoms with Crippen molar-refractivity contribution in [2.24, 2.45) is 0 Å². The number of morpholine rings is 4. The average Bonchev–Trinajstić information content (AvgIpc) is 3.69. The van der Waals surface area contributed by atoms with E-state index in [-0.39, 0.29) is 43.6 Å². The summed E-state index contributed by atoms with van der Waals surface area (Å²) in [5.41, 5.74) is 6.69. The molecule has 0 spiro atoms. The van der Waals surface area contributed by atoms with Gasteiger partial charge in [0.05, 0.1) is 137 Å². The molecule has 8 aromatic rings. The average molecular weight is 1220 g/mol. The second-order valence-corrected chi connectivity index (χ2v) is 25.2. The van der Waals surface area contributed by atoms with Gasteiger partial charge in [-0.3, -0.25) is 10.1 Å². The quantitative estimate of drug-likeness (QED) is 0.0720. The van der Waals surface area contributed by atoms with Crippen LogP contribution >= 0.6 is 0 Å². The number of anilines is 8. The van der Waals surface area contributed by atoms with Crippen molar-refractivity contribution in [1.82, 2.24) is 19.9 Å². The third kappa shape index (κ3) is 12.8. The lowest BCUT2D eigenvalue weighted by atomic mass is 10.0. The van der Waals surface area contributed by atoms with Gasteiger partial charge in [0.15, 0.2) is 31.3 Å². The maximum Gasteiger partial charge on any atom is 0.270 e. The van der Waals surface area contributed by atoms with Gasteiger partial charge >= 0.3 is 0 Å². The molecule has 4 aliphatic heterocycles. The fourth-order valence-corrected chi connectivity index (χ4v) is 12.8. The molecule has 4 aromatic carbocycles. The number of hydrogen-bond donors (Lipinski definition) is 3. The molecule has 0 unspecified atom stereocenters. The Bertz CT molecular complexity index is 4140. The summed E-state index contributed by atoms with van der Waals surface area (Å²) in [7, 11) is -7.49. The van der Waals surface area contributed by atoms with Crippen LogP contribution < -0.4 is 30.2 Å². The number of rotatable bonds is 13. The molecule has 4 aromatic heterocycles. The lowest BCUT2D eigenvalue weighted by Crippen LogP contribution is -2.38. The van der Waals surface area contributed by atoms with Crippen molar-refractivity contribution < 1.29 is 54.6 Å². The maximum atomic E-state index is 14.5. The molecule has 450 valence electrons. The third-order valence-corrected chi connectivity index (χ3v) is 17.7. The van der Waals surface area contributed by atoms with Crippen molar-refractivity contribution in [2.45, 2.75) is 23.6 Å². The molecule has 0 saturated carbocycles. The van der Waals surface area contributed by atoms with Crippen molar-refractivity contribution in [1.29, 1.82) is 0 Å². The van der Waals surface area contributed by atoms with Gasteiger partial charge in [0.1, 0.15) is 17.4 Å². The van der Waals surface area contributed by atoms with Crippen LogP contribution in [0.3, 0.4) is 0 Å². The highest BCUT2D eigenvalue weighted by Crippen LogP contribution is 2.44. The van der Waals surface area contributed by atoms with E-state index in [4.69, 9.17) is 33.9 Å². The molecule has 26 heteroatoms. The van der Waals surface area contributed by atoms with Crippen LogP contribution in [0.15, 0.2) is 107 Å². The molecule has 0 atom stereocenters. The fourth-order valence-electron chi connectivity index (χ4n) is 11.1. The van der Waals surface area contributed by atoms with E-state index in [2.05, 4.69) is 35.2 Å². The highest BCUT2D eigenvalue weighted by molar-refractivity contribution is 7.91. The predicted molar refractivity (Wildman–Crippen MR) is 325 cm³/mol. The predicted octanol–water partition coefficient (Wildman–Crippen LogP) is 8.74. The minimum absolute atomic E-state index is 0.0163. The first-order chi connectivity index (χ1) is 41.3. The van der Waals surface area contributed by atoms with Gasteiger partial charge in [-0.05, 0) is 85.6 Å². The molecule has 86 heavy (non-hydrogen) atoms. The van der Waals surface area contributed by atoms with E-state index in [1.165, 1.54) is 54.6 Å². The van der Waals surface area contributed by atoms with Gasteiger partial charge in [-0.2, -0.15) is 0 Å². The molecule has 4 saturated heterocycles. The number of nitro benzene ring substituents is 1. The Labute approximate surface area is 495 Å². The minimum Gasteiger partial charge on any atom is -0.508 e. The van der Waals surface area contributed by atoms with Crippen LogP contribution in [-0.4, -0.2) is 165 Å². The Kier molecular flexibility index (Phi) is 17.2. The lowest BCUT2D eigenvalue weighted by Gasteiger charge is -2.32.